The minimum Gasteiger partial charge on any atom is -0.485 e. The molecule has 2 aromatic rings. The maximum atomic E-state index is 5.98. The fourth-order valence-corrected chi connectivity index (χ4v) is 2.30. The van der Waals surface area contributed by atoms with Crippen molar-refractivity contribution >= 4 is 5.95 Å². The molecule has 0 amide bonds. The van der Waals surface area contributed by atoms with Gasteiger partial charge >= 0.3 is 0 Å². The minimum atomic E-state index is -0.232. The summed E-state index contributed by atoms with van der Waals surface area (Å²) in [4.78, 5) is 0. The summed E-state index contributed by atoms with van der Waals surface area (Å²) in [6, 6.07) is 7.67. The summed E-state index contributed by atoms with van der Waals surface area (Å²) >= 11 is 0. The number of nitrogens with zero attached hydrogens (tertiary/aromatic N) is 3. The highest BCUT2D eigenvalue weighted by Gasteiger charge is 2.27. The first-order chi connectivity index (χ1) is 9.83. The average molecular weight is 274 g/mol. The lowest BCUT2D eigenvalue weighted by molar-refractivity contribution is 0.0823. The molecule has 20 heavy (non-hydrogen) atoms. The molecule has 0 fully saturated rings. The number of benzene rings is 1. The summed E-state index contributed by atoms with van der Waals surface area (Å²) in [5, 5.41) is 11.6. The van der Waals surface area contributed by atoms with Crippen LogP contribution in [0.3, 0.4) is 0 Å². The zero-order valence-corrected chi connectivity index (χ0v) is 11.7. The molecule has 1 aromatic heterocycles. The molecule has 1 unspecified atom stereocenters. The number of fused-ring (bicyclic) bond motifs is 1. The molecule has 1 N–H and O–H groups in total. The molecule has 0 bridgehead atoms. The molecule has 6 nitrogen and oxygen atoms in total. The second-order valence-electron chi connectivity index (χ2n) is 4.52. The van der Waals surface area contributed by atoms with Crippen LogP contribution in [0.15, 0.2) is 24.3 Å². The predicted molar refractivity (Wildman–Crippen MR) is 75.2 cm³/mol. The molecule has 1 aliphatic rings. The van der Waals surface area contributed by atoms with E-state index in [0.717, 1.165) is 36.4 Å². The number of hydrogen-bond acceptors (Lipinski definition) is 5. The van der Waals surface area contributed by atoms with Crippen LogP contribution in [0.2, 0.25) is 0 Å². The Morgan fingerprint density at radius 3 is 2.80 bits per heavy atom. The Balaban J connectivity index is 1.88. The van der Waals surface area contributed by atoms with Gasteiger partial charge in [-0.15, -0.1) is 10.2 Å². The van der Waals surface area contributed by atoms with Crippen molar-refractivity contribution in [1.82, 2.24) is 14.8 Å². The van der Waals surface area contributed by atoms with Crippen LogP contribution < -0.4 is 14.8 Å². The van der Waals surface area contributed by atoms with Gasteiger partial charge < -0.3 is 14.8 Å². The van der Waals surface area contributed by atoms with Crippen molar-refractivity contribution in [3.63, 3.8) is 0 Å². The number of anilines is 1. The number of aromatic nitrogens is 3. The van der Waals surface area contributed by atoms with Crippen molar-refractivity contribution in [1.29, 1.82) is 0 Å². The number of hydrogen-bond donors (Lipinski definition) is 1. The molecule has 3 rings (SSSR count). The van der Waals surface area contributed by atoms with Crippen molar-refractivity contribution in [2.24, 2.45) is 0 Å². The van der Waals surface area contributed by atoms with Crippen molar-refractivity contribution in [2.45, 2.75) is 26.5 Å². The van der Waals surface area contributed by atoms with E-state index in [1.54, 1.807) is 0 Å². The Kier molecular flexibility index (Phi) is 3.45. The normalized spacial score (nSPS) is 17.0. The molecule has 1 aromatic carbocycles. The monoisotopic (exact) mass is 274 g/mol. The van der Waals surface area contributed by atoms with E-state index in [0.29, 0.717) is 6.61 Å². The lowest BCUT2D eigenvalue weighted by Gasteiger charge is -2.26. The van der Waals surface area contributed by atoms with Gasteiger partial charge in [0.05, 0.1) is 0 Å². The second kappa shape index (κ2) is 5.40. The van der Waals surface area contributed by atoms with Crippen LogP contribution in [0.4, 0.5) is 5.95 Å². The lowest BCUT2D eigenvalue weighted by atomic mass is 10.2. The first-order valence-electron chi connectivity index (χ1n) is 6.89. The van der Waals surface area contributed by atoms with E-state index >= 15 is 0 Å². The molecule has 2 heterocycles. The number of rotatable bonds is 4. The minimum absolute atomic E-state index is 0.232. The Morgan fingerprint density at radius 2 is 2.05 bits per heavy atom. The molecule has 0 saturated heterocycles. The smallest absolute Gasteiger partial charge is 0.224 e. The van der Waals surface area contributed by atoms with Crippen molar-refractivity contribution in [2.75, 3.05) is 18.5 Å². The van der Waals surface area contributed by atoms with Gasteiger partial charge in [0.15, 0.2) is 23.4 Å². The van der Waals surface area contributed by atoms with Crippen LogP contribution in [0.1, 0.15) is 25.8 Å². The van der Waals surface area contributed by atoms with Gasteiger partial charge in [-0.25, -0.2) is 0 Å². The Hall–Kier alpha value is -2.24. The molecule has 0 aliphatic carbocycles. The standard InChI is InChI=1S/C14H18N4O2/c1-3-15-14-17-16-13(18(14)4-2)12-9-19-10-7-5-6-8-11(10)20-12/h5-8,12H,3-4,9H2,1-2H3,(H,15,17). The molecule has 1 atom stereocenters. The zero-order chi connectivity index (χ0) is 13.9. The highest BCUT2D eigenvalue weighted by molar-refractivity contribution is 5.41. The topological polar surface area (TPSA) is 61.2 Å². The fourth-order valence-electron chi connectivity index (χ4n) is 2.30. The van der Waals surface area contributed by atoms with E-state index in [-0.39, 0.29) is 6.10 Å². The summed E-state index contributed by atoms with van der Waals surface area (Å²) in [6.07, 6.45) is -0.232. The van der Waals surface area contributed by atoms with Gasteiger partial charge in [0.25, 0.3) is 0 Å². The van der Waals surface area contributed by atoms with Crippen molar-refractivity contribution in [3.05, 3.63) is 30.1 Å². The fraction of sp³-hybridized carbons (Fsp3) is 0.429. The number of para-hydroxylation sites is 2. The van der Waals surface area contributed by atoms with Crippen molar-refractivity contribution < 1.29 is 9.47 Å². The number of nitrogens with one attached hydrogen (secondary N) is 1. The van der Waals surface area contributed by atoms with Gasteiger partial charge in [-0.1, -0.05) is 12.1 Å². The molecule has 6 heteroatoms. The van der Waals surface area contributed by atoms with Crippen LogP contribution in [0, 0.1) is 0 Å². The largest absolute Gasteiger partial charge is 0.485 e. The van der Waals surface area contributed by atoms with E-state index in [2.05, 4.69) is 22.4 Å². The van der Waals surface area contributed by atoms with Gasteiger partial charge in [-0.05, 0) is 26.0 Å². The summed E-state index contributed by atoms with van der Waals surface area (Å²) in [7, 11) is 0. The van der Waals surface area contributed by atoms with Gasteiger partial charge in [0.1, 0.15) is 6.61 Å². The van der Waals surface area contributed by atoms with Gasteiger partial charge in [0.2, 0.25) is 5.95 Å². The third-order valence-corrected chi connectivity index (χ3v) is 3.23. The Labute approximate surface area is 117 Å². The van der Waals surface area contributed by atoms with E-state index in [4.69, 9.17) is 9.47 Å². The first kappa shape index (κ1) is 12.8. The van der Waals surface area contributed by atoms with E-state index < -0.39 is 0 Å². The van der Waals surface area contributed by atoms with Crippen LogP contribution in [0.25, 0.3) is 0 Å². The van der Waals surface area contributed by atoms with Crippen LogP contribution in [-0.4, -0.2) is 27.9 Å². The summed E-state index contributed by atoms with van der Waals surface area (Å²) in [5.41, 5.74) is 0. The van der Waals surface area contributed by atoms with Crippen molar-refractivity contribution in [3.8, 4) is 11.5 Å². The first-order valence-corrected chi connectivity index (χ1v) is 6.89. The quantitative estimate of drug-likeness (QED) is 0.926. The second-order valence-corrected chi connectivity index (χ2v) is 4.52. The summed E-state index contributed by atoms with van der Waals surface area (Å²) in [6.45, 7) is 6.13. The molecular formula is C14H18N4O2. The number of ether oxygens (including phenoxy) is 2. The molecule has 0 saturated carbocycles. The lowest BCUT2D eigenvalue weighted by Crippen LogP contribution is -2.25. The molecule has 0 spiro atoms. The average Bonchev–Trinajstić information content (AvgIpc) is 2.90. The van der Waals surface area contributed by atoms with Crippen LogP contribution >= 0.6 is 0 Å². The van der Waals surface area contributed by atoms with Gasteiger partial charge in [0, 0.05) is 13.1 Å². The van der Waals surface area contributed by atoms with E-state index in [1.165, 1.54) is 0 Å². The molecular weight excluding hydrogens is 256 g/mol. The molecule has 0 radical (unpaired) electrons. The van der Waals surface area contributed by atoms with Gasteiger partial charge in [-0.3, -0.25) is 4.57 Å². The maximum absolute atomic E-state index is 5.98. The molecule has 106 valence electrons. The highest BCUT2D eigenvalue weighted by Crippen LogP contribution is 2.35. The predicted octanol–water partition coefficient (Wildman–Crippen LogP) is 2.24. The third-order valence-electron chi connectivity index (χ3n) is 3.23. The maximum Gasteiger partial charge on any atom is 0.224 e. The van der Waals surface area contributed by atoms with Gasteiger partial charge in [-0.2, -0.15) is 0 Å². The molecule has 1 aliphatic heterocycles. The Bertz CT molecular complexity index is 597. The Morgan fingerprint density at radius 1 is 1.25 bits per heavy atom. The van der Waals surface area contributed by atoms with Crippen LogP contribution in [0.5, 0.6) is 11.5 Å². The summed E-state index contributed by atoms with van der Waals surface area (Å²) < 4.78 is 13.7. The summed E-state index contributed by atoms with van der Waals surface area (Å²) in [5.74, 6) is 3.09. The SMILES string of the molecule is CCNc1nnc(C2COc3ccccc3O2)n1CC. The highest BCUT2D eigenvalue weighted by atomic mass is 16.6. The zero-order valence-electron chi connectivity index (χ0n) is 11.7. The van der Waals surface area contributed by atoms with E-state index in [9.17, 15) is 0 Å². The third kappa shape index (κ3) is 2.17. The van der Waals surface area contributed by atoms with Crippen LogP contribution in [-0.2, 0) is 6.54 Å². The van der Waals surface area contributed by atoms with E-state index in [1.807, 2.05) is 35.8 Å².